The lowest BCUT2D eigenvalue weighted by molar-refractivity contribution is 0.447. The summed E-state index contributed by atoms with van der Waals surface area (Å²) in [7, 11) is 3.47. The monoisotopic (exact) mass is 423 g/mol. The number of rotatable bonds is 6. The van der Waals surface area contributed by atoms with E-state index >= 15 is 0 Å². The molecule has 0 saturated carbocycles. The minimum atomic E-state index is -1.55. The molecular weight excluding hydrogens is 397 g/mol. The van der Waals surface area contributed by atoms with Crippen LogP contribution in [-0.4, -0.2) is 40.6 Å². The van der Waals surface area contributed by atoms with E-state index in [9.17, 15) is 13.5 Å². The predicted molar refractivity (Wildman–Crippen MR) is 114 cm³/mol. The fraction of sp³-hybridized carbons (Fsp3) is 0.400. The maximum atomic E-state index is 13.9. The van der Waals surface area contributed by atoms with Crippen LogP contribution in [0.25, 0.3) is 0 Å². The third kappa shape index (κ3) is 5.12. The molecule has 0 bridgehead atoms. The van der Waals surface area contributed by atoms with Gasteiger partial charge in [0.2, 0.25) is 0 Å². The predicted octanol–water partition coefficient (Wildman–Crippen LogP) is 3.78. The largest absolute Gasteiger partial charge is 0.593 e. The van der Waals surface area contributed by atoms with Gasteiger partial charge in [0, 0.05) is 57.5 Å². The molecule has 1 N–H and O–H groups in total. The lowest BCUT2D eigenvalue weighted by atomic mass is 9.99. The molecule has 0 spiro atoms. The van der Waals surface area contributed by atoms with Gasteiger partial charge in [-0.1, -0.05) is 6.92 Å². The van der Waals surface area contributed by atoms with Gasteiger partial charge in [-0.3, -0.25) is 0 Å². The van der Waals surface area contributed by atoms with Crippen molar-refractivity contribution in [1.82, 2.24) is 4.31 Å². The van der Waals surface area contributed by atoms with E-state index in [1.54, 1.807) is 48.7 Å². The maximum absolute atomic E-state index is 13.9. The van der Waals surface area contributed by atoms with Crippen molar-refractivity contribution in [2.75, 3.05) is 36.8 Å². The number of hydrogen-bond acceptors (Lipinski definition) is 5. The number of halogens is 1. The van der Waals surface area contributed by atoms with E-state index in [-0.39, 0.29) is 5.82 Å². The van der Waals surface area contributed by atoms with E-state index in [4.69, 9.17) is 0 Å². The van der Waals surface area contributed by atoms with Gasteiger partial charge in [-0.05, 0) is 30.9 Å². The Morgan fingerprint density at radius 1 is 1.11 bits per heavy atom. The summed E-state index contributed by atoms with van der Waals surface area (Å²) in [6.07, 6.45) is 2.28. The SMILES string of the molecule is CC1CCCN(c2ccc(F)cc2N[S+]([O-])c2ccc([S+]([O-])N(C)C)cc2)C1. The highest BCUT2D eigenvalue weighted by atomic mass is 32.2. The molecule has 3 rings (SSSR count). The minimum Gasteiger partial charge on any atom is -0.593 e. The first-order chi connectivity index (χ1) is 13.3. The average molecular weight is 424 g/mol. The molecule has 3 atom stereocenters. The van der Waals surface area contributed by atoms with Crippen LogP contribution in [0.15, 0.2) is 52.3 Å². The number of nitrogens with zero attached hydrogens (tertiary/aromatic N) is 2. The van der Waals surface area contributed by atoms with Crippen molar-refractivity contribution >= 4 is 34.1 Å². The quantitative estimate of drug-likeness (QED) is 0.717. The first-order valence-electron chi connectivity index (χ1n) is 9.27. The second-order valence-electron chi connectivity index (χ2n) is 7.26. The van der Waals surface area contributed by atoms with Gasteiger partial charge in [-0.15, -0.1) is 4.31 Å². The van der Waals surface area contributed by atoms with E-state index in [1.165, 1.54) is 18.6 Å². The normalized spacial score (nSPS) is 19.5. The Morgan fingerprint density at radius 3 is 2.43 bits per heavy atom. The Bertz CT molecular complexity index is 792. The van der Waals surface area contributed by atoms with Crippen molar-refractivity contribution < 1.29 is 13.5 Å². The second-order valence-corrected chi connectivity index (χ2v) is 10.2. The Balaban J connectivity index is 1.78. The summed E-state index contributed by atoms with van der Waals surface area (Å²) >= 11 is -2.80. The first-order valence-corrected chi connectivity index (χ1v) is 11.5. The standard InChI is InChI=1S/C20H26FN3O2S2/c1-15-5-4-12-24(14-15)20-11-6-16(21)13-19(20)22-27(25)17-7-9-18(10-8-17)28(26)23(2)3/h6-11,13,15,22H,4-5,12,14H2,1-3H3. The molecule has 1 aliphatic rings. The molecule has 1 fully saturated rings. The Labute approximate surface area is 172 Å². The van der Waals surface area contributed by atoms with Crippen LogP contribution in [0.3, 0.4) is 0 Å². The van der Waals surface area contributed by atoms with Gasteiger partial charge in [-0.25, -0.2) is 9.11 Å². The van der Waals surface area contributed by atoms with E-state index in [1.807, 2.05) is 0 Å². The number of piperidine rings is 1. The van der Waals surface area contributed by atoms with Gasteiger partial charge in [0.1, 0.15) is 22.9 Å². The van der Waals surface area contributed by atoms with Crippen molar-refractivity contribution in [3.8, 4) is 0 Å². The number of hydrogen-bond donors (Lipinski definition) is 1. The molecule has 152 valence electrons. The topological polar surface area (TPSA) is 64.6 Å². The molecule has 0 radical (unpaired) electrons. The molecule has 1 heterocycles. The van der Waals surface area contributed by atoms with Gasteiger partial charge in [0.15, 0.2) is 9.79 Å². The first kappa shape index (κ1) is 21.3. The zero-order valence-electron chi connectivity index (χ0n) is 16.4. The maximum Gasteiger partial charge on any atom is 0.180 e. The van der Waals surface area contributed by atoms with Crippen LogP contribution < -0.4 is 9.62 Å². The zero-order valence-corrected chi connectivity index (χ0v) is 18.0. The van der Waals surface area contributed by atoms with Crippen LogP contribution in [0.5, 0.6) is 0 Å². The van der Waals surface area contributed by atoms with Crippen LogP contribution in [-0.2, 0) is 22.7 Å². The summed E-state index contributed by atoms with van der Waals surface area (Å²) < 4.78 is 43.3. The molecule has 5 nitrogen and oxygen atoms in total. The summed E-state index contributed by atoms with van der Waals surface area (Å²) in [6, 6.07) is 11.3. The van der Waals surface area contributed by atoms with Crippen molar-refractivity contribution in [3.05, 3.63) is 48.3 Å². The fourth-order valence-electron chi connectivity index (χ4n) is 3.32. The van der Waals surface area contributed by atoms with Gasteiger partial charge in [-0.2, -0.15) is 0 Å². The number of nitrogens with one attached hydrogen (secondary N) is 1. The number of benzene rings is 2. The van der Waals surface area contributed by atoms with Crippen LogP contribution >= 0.6 is 0 Å². The molecule has 3 unspecified atom stereocenters. The third-order valence-electron chi connectivity index (χ3n) is 4.73. The van der Waals surface area contributed by atoms with Crippen LogP contribution in [0.2, 0.25) is 0 Å². The minimum absolute atomic E-state index is 0.370. The van der Waals surface area contributed by atoms with Crippen molar-refractivity contribution in [2.24, 2.45) is 5.92 Å². The highest BCUT2D eigenvalue weighted by Crippen LogP contribution is 2.32. The van der Waals surface area contributed by atoms with Crippen LogP contribution in [0, 0.1) is 11.7 Å². The Hall–Kier alpha value is -1.45. The van der Waals surface area contributed by atoms with Crippen LogP contribution in [0.4, 0.5) is 15.8 Å². The summed E-state index contributed by atoms with van der Waals surface area (Å²) in [6.45, 7) is 4.01. The lowest BCUT2D eigenvalue weighted by Crippen LogP contribution is -2.35. The molecule has 0 amide bonds. The van der Waals surface area contributed by atoms with E-state index in [2.05, 4.69) is 16.5 Å². The highest BCUT2D eigenvalue weighted by molar-refractivity contribution is 7.92. The Morgan fingerprint density at radius 2 is 1.79 bits per heavy atom. The molecule has 28 heavy (non-hydrogen) atoms. The van der Waals surface area contributed by atoms with Crippen molar-refractivity contribution in [3.63, 3.8) is 0 Å². The Kier molecular flexibility index (Phi) is 7.11. The van der Waals surface area contributed by atoms with E-state index < -0.39 is 22.7 Å². The van der Waals surface area contributed by atoms with E-state index in [0.29, 0.717) is 21.4 Å². The molecule has 8 heteroatoms. The molecule has 1 saturated heterocycles. The zero-order chi connectivity index (χ0) is 20.3. The smallest absolute Gasteiger partial charge is 0.180 e. The molecule has 0 aromatic heterocycles. The molecule has 1 aliphatic heterocycles. The van der Waals surface area contributed by atoms with Crippen molar-refractivity contribution in [1.29, 1.82) is 0 Å². The van der Waals surface area contributed by atoms with Gasteiger partial charge < -0.3 is 14.0 Å². The summed E-state index contributed by atoms with van der Waals surface area (Å²) in [4.78, 5) is 3.40. The highest BCUT2D eigenvalue weighted by Gasteiger charge is 2.23. The molecular formula is C20H26FN3O2S2. The van der Waals surface area contributed by atoms with E-state index in [0.717, 1.165) is 25.2 Å². The lowest BCUT2D eigenvalue weighted by Gasteiger charge is -2.34. The third-order valence-corrected chi connectivity index (χ3v) is 7.17. The second kappa shape index (κ2) is 9.37. The van der Waals surface area contributed by atoms with Gasteiger partial charge in [0.05, 0.1) is 17.0 Å². The molecule has 2 aromatic rings. The van der Waals surface area contributed by atoms with Crippen molar-refractivity contribution in [2.45, 2.75) is 29.6 Å². The number of anilines is 2. The summed E-state index contributed by atoms with van der Waals surface area (Å²) in [5, 5.41) is 0. The molecule has 2 aromatic carbocycles. The molecule has 0 aliphatic carbocycles. The van der Waals surface area contributed by atoms with Gasteiger partial charge in [0.25, 0.3) is 0 Å². The van der Waals surface area contributed by atoms with Gasteiger partial charge >= 0.3 is 0 Å². The summed E-state index contributed by atoms with van der Waals surface area (Å²) in [5.74, 6) is 0.201. The summed E-state index contributed by atoms with van der Waals surface area (Å²) in [5.41, 5.74) is 1.39. The average Bonchev–Trinajstić information content (AvgIpc) is 2.67. The fourth-order valence-corrected chi connectivity index (χ4v) is 4.98. The van der Waals surface area contributed by atoms with Crippen LogP contribution in [0.1, 0.15) is 19.8 Å².